The van der Waals surface area contributed by atoms with Crippen LogP contribution in [0.2, 0.25) is 0 Å². The predicted molar refractivity (Wildman–Crippen MR) is 79.1 cm³/mol. The first-order chi connectivity index (χ1) is 10.5. The Balaban J connectivity index is 1.85. The SMILES string of the molecule is CC1NNC(c2ccc(O)cc2O)C1Oc1ccc(F)cc1. The molecule has 5 nitrogen and oxygen atoms in total. The van der Waals surface area contributed by atoms with Crippen molar-refractivity contribution in [1.29, 1.82) is 0 Å². The van der Waals surface area contributed by atoms with Gasteiger partial charge < -0.3 is 14.9 Å². The largest absolute Gasteiger partial charge is 0.508 e. The third kappa shape index (κ3) is 2.84. The van der Waals surface area contributed by atoms with Gasteiger partial charge in [0.2, 0.25) is 0 Å². The Morgan fingerprint density at radius 2 is 1.77 bits per heavy atom. The molecule has 1 heterocycles. The van der Waals surface area contributed by atoms with Crippen LogP contribution in [0.4, 0.5) is 4.39 Å². The summed E-state index contributed by atoms with van der Waals surface area (Å²) in [5.74, 6) is 0.209. The van der Waals surface area contributed by atoms with E-state index in [1.165, 1.54) is 24.3 Å². The standard InChI is InChI=1S/C16H17FN2O3/c1-9-16(22-12-5-2-10(17)3-6-12)15(19-18-9)13-7-4-11(20)8-14(13)21/h2-9,15-16,18-21H,1H3. The van der Waals surface area contributed by atoms with E-state index >= 15 is 0 Å². The van der Waals surface area contributed by atoms with Crippen molar-refractivity contribution in [2.75, 3.05) is 0 Å². The molecule has 22 heavy (non-hydrogen) atoms. The lowest BCUT2D eigenvalue weighted by atomic mass is 9.98. The van der Waals surface area contributed by atoms with Crippen molar-refractivity contribution < 1.29 is 19.3 Å². The number of hydrogen-bond acceptors (Lipinski definition) is 5. The number of aromatic hydroxyl groups is 2. The number of phenolic OH excluding ortho intramolecular Hbond substituents is 2. The van der Waals surface area contributed by atoms with Gasteiger partial charge in [-0.2, -0.15) is 0 Å². The molecule has 4 N–H and O–H groups in total. The first kappa shape index (κ1) is 14.6. The van der Waals surface area contributed by atoms with Crippen LogP contribution in [0.5, 0.6) is 17.2 Å². The Kier molecular flexibility index (Phi) is 3.87. The molecule has 1 aliphatic rings. The van der Waals surface area contributed by atoms with Crippen LogP contribution in [0.25, 0.3) is 0 Å². The zero-order valence-electron chi connectivity index (χ0n) is 12.0. The summed E-state index contributed by atoms with van der Waals surface area (Å²) in [5, 5.41) is 19.4. The number of halogens is 1. The van der Waals surface area contributed by atoms with Gasteiger partial charge in [0, 0.05) is 11.6 Å². The van der Waals surface area contributed by atoms with E-state index in [9.17, 15) is 14.6 Å². The number of nitrogens with one attached hydrogen (secondary N) is 2. The quantitative estimate of drug-likeness (QED) is 0.700. The van der Waals surface area contributed by atoms with Crippen molar-refractivity contribution in [2.45, 2.75) is 25.1 Å². The van der Waals surface area contributed by atoms with Crippen molar-refractivity contribution >= 4 is 0 Å². The molecule has 0 aliphatic carbocycles. The van der Waals surface area contributed by atoms with Gasteiger partial charge in [-0.05, 0) is 43.3 Å². The van der Waals surface area contributed by atoms with Crippen molar-refractivity contribution in [3.05, 3.63) is 53.8 Å². The molecule has 6 heteroatoms. The van der Waals surface area contributed by atoms with Crippen LogP contribution in [-0.4, -0.2) is 22.4 Å². The van der Waals surface area contributed by atoms with E-state index in [0.717, 1.165) is 0 Å². The molecule has 1 saturated heterocycles. The minimum atomic E-state index is -0.323. The number of hydrogen-bond donors (Lipinski definition) is 4. The van der Waals surface area contributed by atoms with Gasteiger partial charge in [-0.1, -0.05) is 0 Å². The number of phenols is 2. The zero-order valence-corrected chi connectivity index (χ0v) is 12.0. The van der Waals surface area contributed by atoms with Crippen LogP contribution in [0.1, 0.15) is 18.5 Å². The van der Waals surface area contributed by atoms with Gasteiger partial charge in [0.25, 0.3) is 0 Å². The molecule has 0 saturated carbocycles. The Hall–Kier alpha value is -2.31. The number of benzene rings is 2. The highest BCUT2D eigenvalue weighted by Crippen LogP contribution is 2.34. The molecule has 116 valence electrons. The van der Waals surface area contributed by atoms with E-state index < -0.39 is 0 Å². The molecule has 3 atom stereocenters. The van der Waals surface area contributed by atoms with Gasteiger partial charge in [0.15, 0.2) is 0 Å². The van der Waals surface area contributed by atoms with Gasteiger partial charge in [0.05, 0.1) is 12.1 Å². The van der Waals surface area contributed by atoms with E-state index in [-0.39, 0.29) is 35.5 Å². The maximum Gasteiger partial charge on any atom is 0.136 e. The molecule has 3 unspecified atom stereocenters. The summed E-state index contributed by atoms with van der Waals surface area (Å²) >= 11 is 0. The van der Waals surface area contributed by atoms with E-state index in [1.54, 1.807) is 18.2 Å². The maximum atomic E-state index is 13.0. The number of ether oxygens (including phenoxy) is 1. The minimum absolute atomic E-state index is 0.00347. The Morgan fingerprint density at radius 3 is 2.45 bits per heavy atom. The minimum Gasteiger partial charge on any atom is -0.508 e. The van der Waals surface area contributed by atoms with Crippen LogP contribution in [-0.2, 0) is 0 Å². The summed E-state index contributed by atoms with van der Waals surface area (Å²) in [4.78, 5) is 0. The molecule has 1 aliphatic heterocycles. The smallest absolute Gasteiger partial charge is 0.136 e. The molecule has 0 aromatic heterocycles. The molecule has 0 spiro atoms. The summed E-state index contributed by atoms with van der Waals surface area (Å²) in [5.41, 5.74) is 6.76. The Labute approximate surface area is 127 Å². The summed E-state index contributed by atoms with van der Waals surface area (Å²) in [7, 11) is 0. The van der Waals surface area contributed by atoms with E-state index in [1.807, 2.05) is 6.92 Å². The van der Waals surface area contributed by atoms with Crippen LogP contribution >= 0.6 is 0 Å². The lowest BCUT2D eigenvalue weighted by Gasteiger charge is -2.23. The van der Waals surface area contributed by atoms with Crippen molar-refractivity contribution in [1.82, 2.24) is 10.9 Å². The van der Waals surface area contributed by atoms with Gasteiger partial charge >= 0.3 is 0 Å². The average Bonchev–Trinajstić information content (AvgIpc) is 2.83. The van der Waals surface area contributed by atoms with Crippen molar-refractivity contribution in [3.63, 3.8) is 0 Å². The lowest BCUT2D eigenvalue weighted by molar-refractivity contribution is 0.170. The second kappa shape index (κ2) is 5.82. The highest BCUT2D eigenvalue weighted by molar-refractivity contribution is 5.42. The summed E-state index contributed by atoms with van der Waals surface area (Å²) in [6, 6.07) is 9.91. The fraction of sp³-hybridized carbons (Fsp3) is 0.250. The van der Waals surface area contributed by atoms with Crippen LogP contribution in [0, 0.1) is 5.82 Å². The van der Waals surface area contributed by atoms with Gasteiger partial charge in [-0.3, -0.25) is 5.43 Å². The summed E-state index contributed by atoms with van der Waals surface area (Å²) in [6.45, 7) is 1.94. The molecule has 2 aromatic rings. The Bertz CT molecular complexity index is 663. The van der Waals surface area contributed by atoms with Gasteiger partial charge in [0.1, 0.15) is 29.2 Å². The fourth-order valence-electron chi connectivity index (χ4n) is 2.56. The number of rotatable bonds is 3. The summed E-state index contributed by atoms with van der Waals surface area (Å²) in [6.07, 6.45) is -0.305. The normalized spacial score (nSPS) is 24.4. The van der Waals surface area contributed by atoms with Gasteiger partial charge in [-0.15, -0.1) is 0 Å². The molecule has 0 bridgehead atoms. The highest BCUT2D eigenvalue weighted by atomic mass is 19.1. The lowest BCUT2D eigenvalue weighted by Crippen LogP contribution is -2.33. The topological polar surface area (TPSA) is 73.8 Å². The average molecular weight is 304 g/mol. The molecular weight excluding hydrogens is 287 g/mol. The van der Waals surface area contributed by atoms with Crippen LogP contribution < -0.4 is 15.6 Å². The van der Waals surface area contributed by atoms with Crippen LogP contribution in [0.15, 0.2) is 42.5 Å². The highest BCUT2D eigenvalue weighted by Gasteiger charge is 2.37. The van der Waals surface area contributed by atoms with Crippen molar-refractivity contribution in [2.24, 2.45) is 0 Å². The zero-order chi connectivity index (χ0) is 15.7. The second-order valence-electron chi connectivity index (χ2n) is 5.33. The third-order valence-corrected chi connectivity index (χ3v) is 3.72. The molecule has 0 radical (unpaired) electrons. The fourth-order valence-corrected chi connectivity index (χ4v) is 2.56. The second-order valence-corrected chi connectivity index (χ2v) is 5.33. The first-order valence-corrected chi connectivity index (χ1v) is 7.00. The van der Waals surface area contributed by atoms with E-state index in [4.69, 9.17) is 4.74 Å². The molecular formula is C16H17FN2O3. The maximum absolute atomic E-state index is 13.0. The number of hydrazine groups is 1. The van der Waals surface area contributed by atoms with Crippen LogP contribution in [0.3, 0.4) is 0 Å². The summed E-state index contributed by atoms with van der Waals surface area (Å²) < 4.78 is 18.9. The van der Waals surface area contributed by atoms with Gasteiger partial charge in [-0.25, -0.2) is 9.82 Å². The monoisotopic (exact) mass is 304 g/mol. The predicted octanol–water partition coefficient (Wildman–Crippen LogP) is 2.22. The van der Waals surface area contributed by atoms with Crippen molar-refractivity contribution in [3.8, 4) is 17.2 Å². The first-order valence-electron chi connectivity index (χ1n) is 7.00. The molecule has 2 aromatic carbocycles. The van der Waals surface area contributed by atoms with E-state index in [2.05, 4.69) is 10.9 Å². The van der Waals surface area contributed by atoms with E-state index in [0.29, 0.717) is 11.3 Å². The molecule has 1 fully saturated rings. The molecule has 0 amide bonds. The third-order valence-electron chi connectivity index (χ3n) is 3.72. The Morgan fingerprint density at radius 1 is 1.05 bits per heavy atom. The molecule has 3 rings (SSSR count).